The van der Waals surface area contributed by atoms with Crippen molar-refractivity contribution in [1.29, 1.82) is 0 Å². The molecule has 0 fully saturated rings. The first-order valence-electron chi connectivity index (χ1n) is 3.92. The van der Waals surface area contributed by atoms with Crippen LogP contribution in [0.25, 0.3) is 0 Å². The maximum atomic E-state index is 12.7. The molecule has 0 unspecified atom stereocenters. The summed E-state index contributed by atoms with van der Waals surface area (Å²) < 4.78 is 12.7. The minimum atomic E-state index is -0.187. The second-order valence-electron chi connectivity index (χ2n) is 2.77. The van der Waals surface area contributed by atoms with Crippen molar-refractivity contribution in [2.45, 2.75) is 12.8 Å². The summed E-state index contributed by atoms with van der Waals surface area (Å²) in [5, 5.41) is 0. The highest BCUT2D eigenvalue weighted by Gasteiger charge is 1.98. The van der Waals surface area contributed by atoms with Gasteiger partial charge in [0.25, 0.3) is 0 Å². The van der Waals surface area contributed by atoms with Gasteiger partial charge in [0, 0.05) is 6.42 Å². The first kappa shape index (κ1) is 8.87. The summed E-state index contributed by atoms with van der Waals surface area (Å²) in [4.78, 5) is 0. The molecule has 0 aliphatic heterocycles. The van der Waals surface area contributed by atoms with Gasteiger partial charge in [0.2, 0.25) is 0 Å². The molecule has 0 atom stereocenters. The summed E-state index contributed by atoms with van der Waals surface area (Å²) in [6.07, 6.45) is 6.56. The van der Waals surface area contributed by atoms with E-state index in [1.54, 1.807) is 12.1 Å². The number of rotatable bonds is 2. The molecule has 0 saturated heterocycles. The van der Waals surface area contributed by atoms with Gasteiger partial charge >= 0.3 is 0 Å². The van der Waals surface area contributed by atoms with Gasteiger partial charge in [-0.05, 0) is 18.6 Å². The molecule has 0 bridgehead atoms. The second-order valence-corrected chi connectivity index (χ2v) is 2.77. The van der Waals surface area contributed by atoms with Crippen LogP contribution < -0.4 is 5.46 Å². The Morgan fingerprint density at radius 3 is 2.92 bits per heavy atom. The summed E-state index contributed by atoms with van der Waals surface area (Å²) >= 11 is 0. The number of terminal acetylenes is 1. The Morgan fingerprint density at radius 2 is 2.25 bits per heavy atom. The Hall–Kier alpha value is -1.23. The summed E-state index contributed by atoms with van der Waals surface area (Å²) in [6.45, 7) is 0. The zero-order valence-corrected chi connectivity index (χ0v) is 7.10. The van der Waals surface area contributed by atoms with Gasteiger partial charge < -0.3 is 0 Å². The van der Waals surface area contributed by atoms with E-state index in [1.165, 1.54) is 6.07 Å². The molecule has 0 heterocycles. The average Bonchev–Trinajstić information content (AvgIpc) is 2.07. The normalized spacial score (nSPS) is 9.33. The van der Waals surface area contributed by atoms with Crippen LogP contribution in [0.3, 0.4) is 0 Å². The third-order valence-corrected chi connectivity index (χ3v) is 1.85. The summed E-state index contributed by atoms with van der Waals surface area (Å²) in [7, 11) is 1.96. The zero-order chi connectivity index (χ0) is 8.97. The minimum absolute atomic E-state index is 0.187. The number of hydrogen-bond acceptors (Lipinski definition) is 0. The maximum Gasteiger partial charge on any atom is 0.139 e. The lowest BCUT2D eigenvalue weighted by Crippen LogP contribution is -2.10. The Kier molecular flexibility index (Phi) is 2.93. The first-order valence-corrected chi connectivity index (χ1v) is 3.92. The third kappa shape index (κ3) is 2.13. The van der Waals surface area contributed by atoms with E-state index >= 15 is 0 Å². The van der Waals surface area contributed by atoms with Gasteiger partial charge in [-0.1, -0.05) is 17.1 Å². The van der Waals surface area contributed by atoms with Crippen molar-refractivity contribution in [1.82, 2.24) is 0 Å². The lowest BCUT2D eigenvalue weighted by molar-refractivity contribution is 0.626. The lowest BCUT2D eigenvalue weighted by Gasteiger charge is -2.02. The molecule has 0 saturated carbocycles. The van der Waals surface area contributed by atoms with Crippen molar-refractivity contribution in [3.8, 4) is 12.3 Å². The zero-order valence-electron chi connectivity index (χ0n) is 7.10. The van der Waals surface area contributed by atoms with Gasteiger partial charge in [0.1, 0.15) is 13.7 Å². The van der Waals surface area contributed by atoms with Gasteiger partial charge in [0.15, 0.2) is 0 Å². The van der Waals surface area contributed by atoms with E-state index in [1.807, 2.05) is 7.85 Å². The molecule has 0 spiro atoms. The fourth-order valence-electron chi connectivity index (χ4n) is 1.12. The predicted molar refractivity (Wildman–Crippen MR) is 51.7 cm³/mol. The van der Waals surface area contributed by atoms with Crippen LogP contribution in [0.15, 0.2) is 18.2 Å². The summed E-state index contributed by atoms with van der Waals surface area (Å²) in [5.41, 5.74) is 2.11. The van der Waals surface area contributed by atoms with Crippen molar-refractivity contribution in [3.63, 3.8) is 0 Å². The molecule has 12 heavy (non-hydrogen) atoms. The summed E-state index contributed by atoms with van der Waals surface area (Å²) in [5.74, 6) is 2.35. The molecule has 0 nitrogen and oxygen atoms in total. The van der Waals surface area contributed by atoms with E-state index in [0.717, 1.165) is 17.4 Å². The van der Waals surface area contributed by atoms with E-state index in [9.17, 15) is 4.39 Å². The third-order valence-electron chi connectivity index (χ3n) is 1.85. The van der Waals surface area contributed by atoms with Crippen molar-refractivity contribution < 1.29 is 4.39 Å². The Bertz CT molecular complexity index is 312. The monoisotopic (exact) mass is 160 g/mol. The number of benzene rings is 1. The Labute approximate surface area is 73.2 Å². The summed E-state index contributed by atoms with van der Waals surface area (Å²) in [6, 6.07) is 4.79. The molecule has 0 amide bonds. The van der Waals surface area contributed by atoms with Gasteiger partial charge in [-0.25, -0.2) is 4.39 Å². The SMILES string of the molecule is Bc1ccc(F)cc1CCC#C. The molecule has 0 N–H and O–H groups in total. The highest BCUT2D eigenvalue weighted by atomic mass is 19.1. The molecule has 0 aliphatic carbocycles. The number of hydrogen-bond donors (Lipinski definition) is 0. The topological polar surface area (TPSA) is 0 Å². The van der Waals surface area contributed by atoms with E-state index in [-0.39, 0.29) is 5.82 Å². The highest BCUT2D eigenvalue weighted by molar-refractivity contribution is 6.33. The number of halogens is 1. The molecular formula is C10H10BF. The standard InChI is InChI=1S/C10H10BF/c1-2-3-4-8-7-9(12)5-6-10(8)11/h1,5-7H,3-4,11H2. The fourth-order valence-corrected chi connectivity index (χ4v) is 1.12. The molecule has 1 rings (SSSR count). The molecule has 0 radical (unpaired) electrons. The van der Waals surface area contributed by atoms with E-state index in [4.69, 9.17) is 6.42 Å². The smallest absolute Gasteiger partial charge is 0.139 e. The quantitative estimate of drug-likeness (QED) is 0.440. The largest absolute Gasteiger partial charge is 0.207 e. The number of aryl methyl sites for hydroxylation is 1. The van der Waals surface area contributed by atoms with Crippen LogP contribution in [0.4, 0.5) is 4.39 Å². The van der Waals surface area contributed by atoms with Crippen LogP contribution in [0.5, 0.6) is 0 Å². The Morgan fingerprint density at radius 1 is 1.50 bits per heavy atom. The van der Waals surface area contributed by atoms with Crippen molar-refractivity contribution in [3.05, 3.63) is 29.6 Å². The van der Waals surface area contributed by atoms with Crippen LogP contribution in [0.2, 0.25) is 0 Å². The molecule has 60 valence electrons. The molecule has 1 aromatic carbocycles. The van der Waals surface area contributed by atoms with Gasteiger partial charge in [0.05, 0.1) is 0 Å². The van der Waals surface area contributed by atoms with Crippen LogP contribution >= 0.6 is 0 Å². The van der Waals surface area contributed by atoms with Gasteiger partial charge in [-0.2, -0.15) is 0 Å². The van der Waals surface area contributed by atoms with Crippen molar-refractivity contribution in [2.24, 2.45) is 0 Å². The minimum Gasteiger partial charge on any atom is -0.207 e. The van der Waals surface area contributed by atoms with Gasteiger partial charge in [-0.15, -0.1) is 12.3 Å². The van der Waals surface area contributed by atoms with Crippen LogP contribution in [0, 0.1) is 18.2 Å². The predicted octanol–water partition coefficient (Wildman–Crippen LogP) is 0.650. The first-order chi connectivity index (χ1) is 5.74. The molecule has 0 aliphatic rings. The van der Waals surface area contributed by atoms with Crippen LogP contribution in [0.1, 0.15) is 12.0 Å². The molecule has 1 aromatic rings. The van der Waals surface area contributed by atoms with E-state index in [0.29, 0.717) is 6.42 Å². The molecule has 2 heteroatoms. The molecular weight excluding hydrogens is 150 g/mol. The van der Waals surface area contributed by atoms with Crippen molar-refractivity contribution in [2.75, 3.05) is 0 Å². The van der Waals surface area contributed by atoms with E-state index < -0.39 is 0 Å². The fraction of sp³-hybridized carbons (Fsp3) is 0.200. The van der Waals surface area contributed by atoms with Crippen LogP contribution in [-0.4, -0.2) is 7.85 Å². The van der Waals surface area contributed by atoms with Gasteiger partial charge in [-0.3, -0.25) is 0 Å². The Balaban J connectivity index is 2.84. The lowest BCUT2D eigenvalue weighted by atomic mass is 9.88. The van der Waals surface area contributed by atoms with E-state index in [2.05, 4.69) is 5.92 Å². The average molecular weight is 160 g/mol. The molecule has 0 aromatic heterocycles. The highest BCUT2D eigenvalue weighted by Crippen LogP contribution is 2.02. The van der Waals surface area contributed by atoms with Crippen LogP contribution in [-0.2, 0) is 6.42 Å². The second kappa shape index (κ2) is 3.97. The maximum absolute atomic E-state index is 12.7. The van der Waals surface area contributed by atoms with Crippen molar-refractivity contribution >= 4 is 13.3 Å².